The first kappa shape index (κ1) is 14.9. The van der Waals surface area contributed by atoms with E-state index in [1.165, 1.54) is 0 Å². The van der Waals surface area contributed by atoms with E-state index in [2.05, 4.69) is 20.9 Å². The van der Waals surface area contributed by atoms with Gasteiger partial charge in [0.25, 0.3) is 6.47 Å². The summed E-state index contributed by atoms with van der Waals surface area (Å²) < 4.78 is 4.55. The van der Waals surface area contributed by atoms with Crippen LogP contribution in [0.25, 0.3) is 0 Å². The molecule has 0 spiro atoms. The smallest absolute Gasteiger partial charge is 0.293 e. The third-order valence-corrected chi connectivity index (χ3v) is 1.93. The highest BCUT2D eigenvalue weighted by molar-refractivity contribution is 5.37. The number of nitrogens with zero attached hydrogens (tertiary/aromatic N) is 1. The molecule has 1 N–H and O–H groups in total. The summed E-state index contributed by atoms with van der Waals surface area (Å²) in [6, 6.07) is 0. The van der Waals surface area contributed by atoms with E-state index in [-0.39, 0.29) is 5.60 Å². The Balaban J connectivity index is 0.000000293. The Labute approximate surface area is 98.3 Å². The zero-order chi connectivity index (χ0) is 12.4. The second kappa shape index (κ2) is 8.14. The highest BCUT2D eigenvalue weighted by Gasteiger charge is 2.07. The lowest BCUT2D eigenvalue weighted by Crippen LogP contribution is -2.43. The van der Waals surface area contributed by atoms with Gasteiger partial charge in [0, 0.05) is 26.2 Å². The van der Waals surface area contributed by atoms with Crippen LogP contribution in [0.3, 0.4) is 0 Å². The average Bonchev–Trinajstić information content (AvgIpc) is 2.19. The number of terminal acetylenes is 1. The summed E-state index contributed by atoms with van der Waals surface area (Å²) >= 11 is 0. The zero-order valence-corrected chi connectivity index (χ0v) is 10.5. The largest absolute Gasteiger partial charge is 0.462 e. The summed E-state index contributed by atoms with van der Waals surface area (Å²) in [4.78, 5) is 11.9. The van der Waals surface area contributed by atoms with Crippen LogP contribution < -0.4 is 5.32 Å². The fourth-order valence-electron chi connectivity index (χ4n) is 1.14. The van der Waals surface area contributed by atoms with Crippen molar-refractivity contribution in [2.45, 2.75) is 26.4 Å². The van der Waals surface area contributed by atoms with Gasteiger partial charge in [0.2, 0.25) is 0 Å². The molecular formula is C12H22N2O2. The van der Waals surface area contributed by atoms with Gasteiger partial charge < -0.3 is 10.1 Å². The quantitative estimate of drug-likeness (QED) is 0.549. The van der Waals surface area contributed by atoms with Crippen LogP contribution in [-0.2, 0) is 9.53 Å². The molecule has 1 aliphatic heterocycles. The van der Waals surface area contributed by atoms with Gasteiger partial charge in [0.05, 0.1) is 6.54 Å². The standard InChI is InChI=1S/C7H12N2.C5H10O2/c1-2-5-9-6-3-8-4-7-9;1-5(2,3)7-4-6/h1,8H,3-7H2;4H,1-3H3. The monoisotopic (exact) mass is 226 g/mol. The molecule has 1 saturated heterocycles. The maximum absolute atomic E-state index is 9.60. The molecule has 0 radical (unpaired) electrons. The van der Waals surface area contributed by atoms with Gasteiger partial charge in [-0.2, -0.15) is 0 Å². The predicted molar refractivity (Wildman–Crippen MR) is 65.0 cm³/mol. The van der Waals surface area contributed by atoms with Crippen molar-refractivity contribution in [3.8, 4) is 12.3 Å². The van der Waals surface area contributed by atoms with E-state index in [4.69, 9.17) is 6.42 Å². The first-order valence-electron chi connectivity index (χ1n) is 5.47. The summed E-state index contributed by atoms with van der Waals surface area (Å²) in [6.07, 6.45) is 5.15. The normalized spacial score (nSPS) is 16.6. The molecule has 1 rings (SSSR count). The summed E-state index contributed by atoms with van der Waals surface area (Å²) in [5, 5.41) is 3.26. The van der Waals surface area contributed by atoms with Crippen LogP contribution in [-0.4, -0.2) is 49.7 Å². The Morgan fingerprint density at radius 1 is 1.44 bits per heavy atom. The van der Waals surface area contributed by atoms with Crippen LogP contribution in [0.1, 0.15) is 20.8 Å². The molecule has 0 amide bonds. The molecule has 4 heteroatoms. The third kappa shape index (κ3) is 9.50. The van der Waals surface area contributed by atoms with E-state index in [9.17, 15) is 4.79 Å². The van der Waals surface area contributed by atoms with Crippen molar-refractivity contribution in [2.24, 2.45) is 0 Å². The van der Waals surface area contributed by atoms with Crippen LogP contribution in [0, 0.1) is 12.3 Å². The Hall–Kier alpha value is -1.05. The summed E-state index contributed by atoms with van der Waals surface area (Å²) in [5.41, 5.74) is -0.318. The minimum atomic E-state index is -0.318. The number of rotatable bonds is 2. The van der Waals surface area contributed by atoms with Gasteiger partial charge in [0.15, 0.2) is 0 Å². The van der Waals surface area contributed by atoms with Gasteiger partial charge in [-0.3, -0.25) is 9.69 Å². The molecule has 0 aromatic carbocycles. The van der Waals surface area contributed by atoms with Crippen LogP contribution in [0.5, 0.6) is 0 Å². The maximum Gasteiger partial charge on any atom is 0.293 e. The van der Waals surface area contributed by atoms with Crippen LogP contribution >= 0.6 is 0 Å². The van der Waals surface area contributed by atoms with Crippen molar-refractivity contribution < 1.29 is 9.53 Å². The molecule has 4 nitrogen and oxygen atoms in total. The first-order chi connectivity index (χ1) is 7.49. The molecule has 0 bridgehead atoms. The van der Waals surface area contributed by atoms with Gasteiger partial charge >= 0.3 is 0 Å². The second-order valence-electron chi connectivity index (χ2n) is 4.56. The number of piperazine rings is 1. The number of hydrogen-bond acceptors (Lipinski definition) is 4. The molecule has 16 heavy (non-hydrogen) atoms. The van der Waals surface area contributed by atoms with E-state index in [0.717, 1.165) is 32.7 Å². The maximum atomic E-state index is 9.60. The Kier molecular flexibility index (Phi) is 7.61. The highest BCUT2D eigenvalue weighted by atomic mass is 16.5. The van der Waals surface area contributed by atoms with E-state index in [1.54, 1.807) is 0 Å². The molecular weight excluding hydrogens is 204 g/mol. The lowest BCUT2D eigenvalue weighted by Gasteiger charge is -2.24. The van der Waals surface area contributed by atoms with Crippen molar-refractivity contribution in [1.29, 1.82) is 0 Å². The van der Waals surface area contributed by atoms with Crippen molar-refractivity contribution in [1.82, 2.24) is 10.2 Å². The SMILES string of the molecule is C#CCN1CCNCC1.CC(C)(C)OC=O. The van der Waals surface area contributed by atoms with Gasteiger partial charge in [-0.1, -0.05) is 5.92 Å². The highest BCUT2D eigenvalue weighted by Crippen LogP contribution is 2.02. The average molecular weight is 226 g/mol. The van der Waals surface area contributed by atoms with E-state index in [1.807, 2.05) is 20.8 Å². The summed E-state index contributed by atoms with van der Waals surface area (Å²) in [7, 11) is 0. The van der Waals surface area contributed by atoms with Crippen LogP contribution in [0.15, 0.2) is 0 Å². The van der Waals surface area contributed by atoms with E-state index < -0.39 is 0 Å². The Morgan fingerprint density at radius 3 is 2.31 bits per heavy atom. The zero-order valence-electron chi connectivity index (χ0n) is 10.5. The summed E-state index contributed by atoms with van der Waals surface area (Å²) in [5.74, 6) is 2.64. The molecule has 0 saturated carbocycles. The molecule has 1 heterocycles. The van der Waals surface area contributed by atoms with Gasteiger partial charge in [0.1, 0.15) is 5.60 Å². The molecule has 0 atom stereocenters. The topological polar surface area (TPSA) is 41.6 Å². The van der Waals surface area contributed by atoms with Crippen molar-refractivity contribution in [3.63, 3.8) is 0 Å². The van der Waals surface area contributed by atoms with Gasteiger partial charge in [-0.15, -0.1) is 6.42 Å². The lowest BCUT2D eigenvalue weighted by molar-refractivity contribution is -0.138. The Morgan fingerprint density at radius 2 is 2.00 bits per heavy atom. The van der Waals surface area contributed by atoms with Crippen molar-refractivity contribution in [3.05, 3.63) is 0 Å². The molecule has 0 aliphatic carbocycles. The molecule has 0 aromatic rings. The fourth-order valence-corrected chi connectivity index (χ4v) is 1.14. The van der Waals surface area contributed by atoms with Crippen LogP contribution in [0.2, 0.25) is 0 Å². The number of carbonyl (C=O) groups is 1. The van der Waals surface area contributed by atoms with Crippen LogP contribution in [0.4, 0.5) is 0 Å². The predicted octanol–water partition coefficient (Wildman–Crippen LogP) is 0.483. The number of carbonyl (C=O) groups excluding carboxylic acids is 1. The molecule has 1 fully saturated rings. The van der Waals surface area contributed by atoms with E-state index >= 15 is 0 Å². The molecule has 0 aromatic heterocycles. The molecule has 92 valence electrons. The van der Waals surface area contributed by atoms with Crippen molar-refractivity contribution in [2.75, 3.05) is 32.7 Å². The molecule has 1 aliphatic rings. The lowest BCUT2D eigenvalue weighted by atomic mass is 10.2. The second-order valence-corrected chi connectivity index (χ2v) is 4.56. The van der Waals surface area contributed by atoms with E-state index in [0.29, 0.717) is 6.47 Å². The number of hydrogen-bond donors (Lipinski definition) is 1. The van der Waals surface area contributed by atoms with Gasteiger partial charge in [-0.05, 0) is 20.8 Å². The minimum absolute atomic E-state index is 0.318. The number of ether oxygens (including phenoxy) is 1. The molecule has 0 unspecified atom stereocenters. The van der Waals surface area contributed by atoms with Crippen molar-refractivity contribution >= 4 is 6.47 Å². The number of nitrogens with one attached hydrogen (secondary N) is 1. The fraction of sp³-hybridized carbons (Fsp3) is 0.750. The third-order valence-electron chi connectivity index (χ3n) is 1.93. The first-order valence-corrected chi connectivity index (χ1v) is 5.47. The van der Waals surface area contributed by atoms with Gasteiger partial charge in [-0.25, -0.2) is 0 Å². The Bertz CT molecular complexity index is 222. The summed E-state index contributed by atoms with van der Waals surface area (Å²) in [6.45, 7) is 11.1. The minimum Gasteiger partial charge on any atom is -0.462 e.